The SMILES string of the molecule is Nc1cc(Cl)c2cc(CBr)ccc2n1. The van der Waals surface area contributed by atoms with Crippen molar-refractivity contribution >= 4 is 44.3 Å². The molecule has 0 bridgehead atoms. The van der Waals surface area contributed by atoms with Gasteiger partial charge in [0.05, 0.1) is 10.5 Å². The van der Waals surface area contributed by atoms with Crippen LogP contribution in [0.25, 0.3) is 10.9 Å². The third kappa shape index (κ3) is 1.70. The highest BCUT2D eigenvalue weighted by molar-refractivity contribution is 9.08. The van der Waals surface area contributed by atoms with Gasteiger partial charge in [-0.15, -0.1) is 0 Å². The summed E-state index contributed by atoms with van der Waals surface area (Å²) in [7, 11) is 0. The fourth-order valence-electron chi connectivity index (χ4n) is 1.33. The lowest BCUT2D eigenvalue weighted by molar-refractivity contribution is 1.39. The number of aromatic nitrogens is 1. The molecule has 1 aromatic carbocycles. The van der Waals surface area contributed by atoms with Crippen molar-refractivity contribution in [2.75, 3.05) is 5.73 Å². The summed E-state index contributed by atoms with van der Waals surface area (Å²) in [5, 5.41) is 2.40. The van der Waals surface area contributed by atoms with Crippen molar-refractivity contribution in [1.82, 2.24) is 4.98 Å². The third-order valence-corrected chi connectivity index (χ3v) is 2.96. The largest absolute Gasteiger partial charge is 0.384 e. The van der Waals surface area contributed by atoms with Gasteiger partial charge in [0, 0.05) is 10.7 Å². The number of pyridine rings is 1. The maximum Gasteiger partial charge on any atom is 0.125 e. The van der Waals surface area contributed by atoms with Gasteiger partial charge in [-0.05, 0) is 23.8 Å². The first kappa shape index (κ1) is 9.74. The van der Waals surface area contributed by atoms with Crippen molar-refractivity contribution in [3.8, 4) is 0 Å². The molecule has 0 unspecified atom stereocenters. The molecular formula is C10H8BrClN2. The number of halogens is 2. The lowest BCUT2D eigenvalue weighted by atomic mass is 10.1. The highest BCUT2D eigenvalue weighted by atomic mass is 79.9. The number of rotatable bonds is 1. The van der Waals surface area contributed by atoms with Crippen LogP contribution in [-0.4, -0.2) is 4.98 Å². The average Bonchev–Trinajstić information content (AvgIpc) is 2.17. The number of nitrogen functional groups attached to an aromatic ring is 1. The number of alkyl halides is 1. The average molecular weight is 272 g/mol. The predicted molar refractivity (Wildman–Crippen MR) is 63.8 cm³/mol. The van der Waals surface area contributed by atoms with Crippen LogP contribution in [-0.2, 0) is 5.33 Å². The number of nitrogens with zero attached hydrogens (tertiary/aromatic N) is 1. The van der Waals surface area contributed by atoms with Crippen molar-refractivity contribution in [2.45, 2.75) is 5.33 Å². The first-order valence-electron chi connectivity index (χ1n) is 4.11. The van der Waals surface area contributed by atoms with Crippen molar-refractivity contribution in [3.05, 3.63) is 34.9 Å². The van der Waals surface area contributed by atoms with E-state index in [1.165, 1.54) is 5.56 Å². The molecular weight excluding hydrogens is 263 g/mol. The van der Waals surface area contributed by atoms with Crippen LogP contribution in [0.4, 0.5) is 5.82 Å². The summed E-state index contributed by atoms with van der Waals surface area (Å²) in [4.78, 5) is 4.19. The summed E-state index contributed by atoms with van der Waals surface area (Å²) < 4.78 is 0. The Hall–Kier alpha value is -0.800. The maximum absolute atomic E-state index is 6.06. The van der Waals surface area contributed by atoms with Crippen LogP contribution in [0.3, 0.4) is 0 Å². The molecule has 0 fully saturated rings. The van der Waals surface area contributed by atoms with Gasteiger partial charge < -0.3 is 5.73 Å². The monoisotopic (exact) mass is 270 g/mol. The molecule has 0 spiro atoms. The maximum atomic E-state index is 6.06. The molecule has 0 aliphatic rings. The Morgan fingerprint density at radius 1 is 1.36 bits per heavy atom. The van der Waals surface area contributed by atoms with Crippen molar-refractivity contribution in [3.63, 3.8) is 0 Å². The van der Waals surface area contributed by atoms with E-state index in [-0.39, 0.29) is 0 Å². The number of nitrogens with two attached hydrogens (primary N) is 1. The molecule has 0 aliphatic heterocycles. The summed E-state index contributed by atoms with van der Waals surface area (Å²) >= 11 is 9.45. The van der Waals surface area contributed by atoms with E-state index in [0.717, 1.165) is 16.2 Å². The van der Waals surface area contributed by atoms with Gasteiger partial charge in [0.15, 0.2) is 0 Å². The van der Waals surface area contributed by atoms with Crippen LogP contribution in [0.2, 0.25) is 5.02 Å². The van der Waals surface area contributed by atoms with E-state index in [1.807, 2.05) is 18.2 Å². The second kappa shape index (κ2) is 3.75. The van der Waals surface area contributed by atoms with Crippen molar-refractivity contribution in [2.24, 2.45) is 0 Å². The summed E-state index contributed by atoms with van der Waals surface area (Å²) in [6, 6.07) is 7.61. The Kier molecular flexibility index (Phi) is 2.61. The van der Waals surface area contributed by atoms with Crippen LogP contribution in [0.5, 0.6) is 0 Å². The summed E-state index contributed by atoms with van der Waals surface area (Å²) in [6.45, 7) is 0. The molecule has 14 heavy (non-hydrogen) atoms. The molecule has 4 heteroatoms. The van der Waals surface area contributed by atoms with Crippen LogP contribution in [0, 0.1) is 0 Å². The zero-order chi connectivity index (χ0) is 10.1. The second-order valence-electron chi connectivity index (χ2n) is 3.01. The smallest absolute Gasteiger partial charge is 0.125 e. The highest BCUT2D eigenvalue weighted by Gasteiger charge is 2.02. The Bertz CT molecular complexity index is 485. The summed E-state index contributed by atoms with van der Waals surface area (Å²) in [5.74, 6) is 0.453. The van der Waals surface area contributed by atoms with E-state index in [1.54, 1.807) is 6.07 Å². The van der Waals surface area contributed by atoms with Gasteiger partial charge in [-0.2, -0.15) is 0 Å². The van der Waals surface area contributed by atoms with Crippen LogP contribution in [0.1, 0.15) is 5.56 Å². The minimum Gasteiger partial charge on any atom is -0.384 e. The third-order valence-electron chi connectivity index (χ3n) is 2.00. The Morgan fingerprint density at radius 2 is 2.14 bits per heavy atom. The van der Waals surface area contributed by atoms with Gasteiger partial charge in [-0.1, -0.05) is 33.6 Å². The standard InChI is InChI=1S/C10H8BrClN2/c11-5-6-1-2-9-7(3-6)8(12)4-10(13)14-9/h1-4H,5H2,(H2,13,14). The Labute approximate surface area is 95.2 Å². The highest BCUT2D eigenvalue weighted by Crippen LogP contribution is 2.25. The van der Waals surface area contributed by atoms with Crippen LogP contribution >= 0.6 is 27.5 Å². The number of benzene rings is 1. The number of anilines is 1. The first-order chi connectivity index (χ1) is 6.70. The Balaban J connectivity index is 2.75. The molecule has 2 N–H and O–H groups in total. The van der Waals surface area contributed by atoms with E-state index < -0.39 is 0 Å². The first-order valence-corrected chi connectivity index (χ1v) is 5.61. The number of fused-ring (bicyclic) bond motifs is 1. The normalized spacial score (nSPS) is 10.7. The van der Waals surface area contributed by atoms with E-state index >= 15 is 0 Å². The van der Waals surface area contributed by atoms with Gasteiger partial charge in [-0.3, -0.25) is 0 Å². The molecule has 1 aromatic heterocycles. The van der Waals surface area contributed by atoms with Crippen LogP contribution < -0.4 is 5.73 Å². The Morgan fingerprint density at radius 3 is 2.86 bits per heavy atom. The molecule has 0 aliphatic carbocycles. The predicted octanol–water partition coefficient (Wildman–Crippen LogP) is 3.37. The lowest BCUT2D eigenvalue weighted by Crippen LogP contribution is -1.91. The fourth-order valence-corrected chi connectivity index (χ4v) is 1.95. The van der Waals surface area contributed by atoms with Crippen molar-refractivity contribution < 1.29 is 0 Å². The zero-order valence-corrected chi connectivity index (χ0v) is 9.64. The number of hydrogen-bond acceptors (Lipinski definition) is 2. The zero-order valence-electron chi connectivity index (χ0n) is 7.30. The van der Waals surface area contributed by atoms with E-state index in [0.29, 0.717) is 10.8 Å². The molecule has 0 amide bonds. The molecule has 1 heterocycles. The molecule has 2 aromatic rings. The molecule has 0 saturated heterocycles. The molecule has 2 rings (SSSR count). The van der Waals surface area contributed by atoms with Crippen LogP contribution in [0.15, 0.2) is 24.3 Å². The van der Waals surface area contributed by atoms with Gasteiger partial charge >= 0.3 is 0 Å². The fraction of sp³-hybridized carbons (Fsp3) is 0.100. The number of hydrogen-bond donors (Lipinski definition) is 1. The van der Waals surface area contributed by atoms with Gasteiger partial charge in [-0.25, -0.2) is 4.98 Å². The van der Waals surface area contributed by atoms with Crippen molar-refractivity contribution in [1.29, 1.82) is 0 Å². The van der Waals surface area contributed by atoms with E-state index in [4.69, 9.17) is 17.3 Å². The summed E-state index contributed by atoms with van der Waals surface area (Å²) in [6.07, 6.45) is 0. The van der Waals surface area contributed by atoms with Gasteiger partial charge in [0.2, 0.25) is 0 Å². The quantitative estimate of drug-likeness (QED) is 0.808. The molecule has 0 saturated carbocycles. The van der Waals surface area contributed by atoms with Gasteiger partial charge in [0.25, 0.3) is 0 Å². The molecule has 0 radical (unpaired) electrons. The summed E-state index contributed by atoms with van der Waals surface area (Å²) in [5.41, 5.74) is 7.60. The molecule has 0 atom stereocenters. The van der Waals surface area contributed by atoms with E-state index in [9.17, 15) is 0 Å². The van der Waals surface area contributed by atoms with E-state index in [2.05, 4.69) is 20.9 Å². The van der Waals surface area contributed by atoms with Gasteiger partial charge in [0.1, 0.15) is 5.82 Å². The lowest BCUT2D eigenvalue weighted by Gasteiger charge is -2.03. The molecule has 72 valence electrons. The minimum atomic E-state index is 0.453. The topological polar surface area (TPSA) is 38.9 Å². The minimum absolute atomic E-state index is 0.453. The molecule has 2 nitrogen and oxygen atoms in total. The second-order valence-corrected chi connectivity index (χ2v) is 3.98.